The van der Waals surface area contributed by atoms with Gasteiger partial charge in [-0.05, 0) is 44.0 Å². The lowest BCUT2D eigenvalue weighted by Crippen LogP contribution is -2.53. The van der Waals surface area contributed by atoms with Gasteiger partial charge in [-0.25, -0.2) is 0 Å². The molecule has 0 aliphatic carbocycles. The maximum atomic E-state index is 13.4. The first-order chi connectivity index (χ1) is 14.3. The summed E-state index contributed by atoms with van der Waals surface area (Å²) in [4.78, 5) is 49.8. The van der Waals surface area contributed by atoms with Gasteiger partial charge in [-0.2, -0.15) is 18.4 Å². The number of carbonyl (C=O) groups is 4. The van der Waals surface area contributed by atoms with Gasteiger partial charge < -0.3 is 10.2 Å². The molecule has 2 atom stereocenters. The molecule has 2 aliphatic rings. The Kier molecular flexibility index (Phi) is 5.52. The first kappa shape index (κ1) is 22.3. The summed E-state index contributed by atoms with van der Waals surface area (Å²) < 4.78 is 40.2. The van der Waals surface area contributed by atoms with E-state index in [0.29, 0.717) is 5.56 Å². The molecular weight excluding hydrogens is 417 g/mol. The average Bonchev–Trinajstić information content (AvgIpc) is 3.00. The summed E-state index contributed by atoms with van der Waals surface area (Å²) in [6.45, 7) is 2.13. The zero-order valence-corrected chi connectivity index (χ0v) is 16.7. The van der Waals surface area contributed by atoms with Crippen LogP contribution in [0.2, 0.25) is 0 Å². The van der Waals surface area contributed by atoms with E-state index in [0.717, 1.165) is 13.8 Å². The molecule has 0 radical (unpaired) electrons. The number of imide groups is 1. The number of amides is 4. The Morgan fingerprint density at radius 2 is 1.97 bits per heavy atom. The van der Waals surface area contributed by atoms with Gasteiger partial charge >= 0.3 is 6.18 Å². The van der Waals surface area contributed by atoms with Crippen LogP contribution in [0.3, 0.4) is 0 Å². The third-order valence-electron chi connectivity index (χ3n) is 5.40. The van der Waals surface area contributed by atoms with Crippen molar-refractivity contribution in [2.45, 2.75) is 51.5 Å². The standard InChI is InChI=1S/C20H19F3N4O4/c1-19(2,9-24)18(20(21,22)23)26-15(29)10-3-4-12-11(7-10)8-27(17(12)31)13-5-6-14(28)25-16(13)30/h3-4,7,13,18H,5-6,8H2,1-2H3,(H,26,29)(H,25,28,30). The molecule has 3 rings (SSSR count). The zero-order chi connectivity index (χ0) is 23.1. The van der Waals surface area contributed by atoms with Crippen LogP contribution >= 0.6 is 0 Å². The summed E-state index contributed by atoms with van der Waals surface area (Å²) in [6.07, 6.45) is -4.60. The molecule has 2 heterocycles. The molecule has 31 heavy (non-hydrogen) atoms. The number of carbonyl (C=O) groups excluding carboxylic acids is 4. The molecule has 2 aliphatic heterocycles. The summed E-state index contributed by atoms with van der Waals surface area (Å²) in [5, 5.41) is 13.1. The minimum atomic E-state index is -4.84. The van der Waals surface area contributed by atoms with Gasteiger partial charge in [0, 0.05) is 24.1 Å². The van der Waals surface area contributed by atoms with Crippen molar-refractivity contribution in [1.29, 1.82) is 5.26 Å². The highest BCUT2D eigenvalue weighted by Crippen LogP contribution is 2.34. The summed E-state index contributed by atoms with van der Waals surface area (Å²) in [5.74, 6) is -2.53. The van der Waals surface area contributed by atoms with Crippen molar-refractivity contribution in [2.75, 3.05) is 0 Å². The van der Waals surface area contributed by atoms with Gasteiger partial charge in [0.25, 0.3) is 11.8 Å². The topological polar surface area (TPSA) is 119 Å². The van der Waals surface area contributed by atoms with Crippen LogP contribution in [0.15, 0.2) is 18.2 Å². The summed E-state index contributed by atoms with van der Waals surface area (Å²) >= 11 is 0. The fourth-order valence-corrected chi connectivity index (χ4v) is 3.67. The van der Waals surface area contributed by atoms with Crippen molar-refractivity contribution < 1.29 is 32.3 Å². The van der Waals surface area contributed by atoms with E-state index < -0.39 is 47.3 Å². The van der Waals surface area contributed by atoms with Gasteiger partial charge in [0.05, 0.1) is 11.5 Å². The third-order valence-corrected chi connectivity index (χ3v) is 5.40. The Hall–Kier alpha value is -3.42. The van der Waals surface area contributed by atoms with E-state index in [1.54, 1.807) is 6.07 Å². The molecule has 0 bridgehead atoms. The Morgan fingerprint density at radius 1 is 1.29 bits per heavy atom. The number of nitrogens with one attached hydrogen (secondary N) is 2. The highest BCUT2D eigenvalue weighted by atomic mass is 19.4. The van der Waals surface area contributed by atoms with E-state index in [2.05, 4.69) is 5.32 Å². The Morgan fingerprint density at radius 3 is 2.55 bits per heavy atom. The quantitative estimate of drug-likeness (QED) is 0.696. The van der Waals surface area contributed by atoms with Crippen LogP contribution in [0.1, 0.15) is 53.0 Å². The fourth-order valence-electron chi connectivity index (χ4n) is 3.67. The average molecular weight is 436 g/mol. The second-order valence-electron chi connectivity index (χ2n) is 8.05. The lowest BCUT2D eigenvalue weighted by molar-refractivity contribution is -0.170. The zero-order valence-electron chi connectivity index (χ0n) is 16.7. The molecule has 1 aromatic carbocycles. The number of halogens is 3. The molecule has 1 saturated heterocycles. The monoisotopic (exact) mass is 436 g/mol. The second kappa shape index (κ2) is 7.68. The Labute approximate surface area is 175 Å². The van der Waals surface area contributed by atoms with Crippen molar-refractivity contribution in [1.82, 2.24) is 15.5 Å². The highest BCUT2D eigenvalue weighted by molar-refractivity contribution is 6.06. The molecule has 0 spiro atoms. The van der Waals surface area contributed by atoms with Crippen molar-refractivity contribution >= 4 is 23.6 Å². The Balaban J connectivity index is 1.81. The van der Waals surface area contributed by atoms with E-state index in [4.69, 9.17) is 5.26 Å². The van der Waals surface area contributed by atoms with E-state index in [1.807, 2.05) is 5.32 Å². The largest absolute Gasteiger partial charge is 0.410 e. The minimum absolute atomic E-state index is 0.0199. The number of hydrogen-bond donors (Lipinski definition) is 2. The lowest BCUT2D eigenvalue weighted by Gasteiger charge is -2.30. The molecule has 1 fully saturated rings. The first-order valence-electron chi connectivity index (χ1n) is 9.41. The number of piperidine rings is 1. The molecule has 1 aromatic rings. The van der Waals surface area contributed by atoms with Crippen LogP contribution in [0.25, 0.3) is 0 Å². The normalized spacial score (nSPS) is 20.1. The molecule has 2 unspecified atom stereocenters. The molecular formula is C20H19F3N4O4. The van der Waals surface area contributed by atoms with E-state index in [9.17, 15) is 32.3 Å². The van der Waals surface area contributed by atoms with Crippen LogP contribution in [0, 0.1) is 16.7 Å². The smallest absolute Gasteiger partial charge is 0.339 e. The van der Waals surface area contributed by atoms with Crippen molar-refractivity contribution in [3.05, 3.63) is 34.9 Å². The van der Waals surface area contributed by atoms with Gasteiger partial charge in [0.2, 0.25) is 11.8 Å². The van der Waals surface area contributed by atoms with E-state index in [1.165, 1.54) is 23.1 Å². The van der Waals surface area contributed by atoms with E-state index in [-0.39, 0.29) is 30.5 Å². The van der Waals surface area contributed by atoms with Gasteiger partial charge in [-0.1, -0.05) is 0 Å². The number of nitrogens with zero attached hydrogens (tertiary/aromatic N) is 2. The molecule has 0 aromatic heterocycles. The van der Waals surface area contributed by atoms with Crippen molar-refractivity contribution in [3.8, 4) is 6.07 Å². The number of rotatable bonds is 4. The number of alkyl halides is 3. The van der Waals surface area contributed by atoms with Crippen molar-refractivity contribution in [2.24, 2.45) is 5.41 Å². The first-order valence-corrected chi connectivity index (χ1v) is 9.41. The van der Waals surface area contributed by atoms with Crippen LogP contribution in [-0.4, -0.2) is 46.8 Å². The predicted octanol–water partition coefficient (Wildman–Crippen LogP) is 1.66. The molecule has 11 heteroatoms. The molecule has 4 amide bonds. The second-order valence-corrected chi connectivity index (χ2v) is 8.05. The predicted molar refractivity (Wildman–Crippen MR) is 99.2 cm³/mol. The Bertz CT molecular complexity index is 1010. The van der Waals surface area contributed by atoms with Gasteiger partial charge in [-0.3, -0.25) is 24.5 Å². The fraction of sp³-hybridized carbons (Fsp3) is 0.450. The van der Waals surface area contributed by atoms with Crippen molar-refractivity contribution in [3.63, 3.8) is 0 Å². The molecule has 164 valence electrons. The SMILES string of the molecule is CC(C)(C#N)C(NC(=O)c1ccc2c(c1)CN(C1CCC(=O)NC1=O)C2=O)C(F)(F)F. The third kappa shape index (κ3) is 4.23. The number of fused-ring (bicyclic) bond motifs is 1. The number of benzene rings is 1. The minimum Gasteiger partial charge on any atom is -0.339 e. The van der Waals surface area contributed by atoms with Crippen LogP contribution in [-0.2, 0) is 16.1 Å². The highest BCUT2D eigenvalue weighted by Gasteiger charge is 2.50. The molecule has 0 saturated carbocycles. The maximum Gasteiger partial charge on any atom is 0.410 e. The molecule has 8 nitrogen and oxygen atoms in total. The lowest BCUT2D eigenvalue weighted by atomic mass is 9.85. The molecule has 2 N–H and O–H groups in total. The van der Waals surface area contributed by atoms with Crippen LogP contribution in [0.4, 0.5) is 13.2 Å². The van der Waals surface area contributed by atoms with Gasteiger partial charge in [0.1, 0.15) is 12.1 Å². The number of hydrogen-bond acceptors (Lipinski definition) is 5. The van der Waals surface area contributed by atoms with Gasteiger partial charge in [-0.15, -0.1) is 0 Å². The van der Waals surface area contributed by atoms with Crippen LogP contribution in [0.5, 0.6) is 0 Å². The van der Waals surface area contributed by atoms with Crippen LogP contribution < -0.4 is 10.6 Å². The van der Waals surface area contributed by atoms with Gasteiger partial charge in [0.15, 0.2) is 0 Å². The summed E-state index contributed by atoms with van der Waals surface area (Å²) in [6, 6.07) is 2.14. The summed E-state index contributed by atoms with van der Waals surface area (Å²) in [5.41, 5.74) is -1.40. The number of nitriles is 1. The maximum absolute atomic E-state index is 13.4. The van der Waals surface area contributed by atoms with E-state index >= 15 is 0 Å². The summed E-state index contributed by atoms with van der Waals surface area (Å²) in [7, 11) is 0.